The molecule has 0 aliphatic carbocycles. The van der Waals surface area contributed by atoms with E-state index in [1.54, 1.807) is 7.11 Å². The summed E-state index contributed by atoms with van der Waals surface area (Å²) in [7, 11) is 1.71. The molecule has 1 heterocycles. The molecular weight excluding hydrogens is 282 g/mol. The molecule has 0 aromatic rings. The van der Waals surface area contributed by atoms with Gasteiger partial charge in [0.2, 0.25) is 0 Å². The number of nitrogens with zero attached hydrogens (tertiary/aromatic N) is 1. The zero-order chi connectivity index (χ0) is 12.3. The van der Waals surface area contributed by atoms with Gasteiger partial charge in [0.15, 0.2) is 0 Å². The van der Waals surface area contributed by atoms with Gasteiger partial charge in [-0.3, -0.25) is 0 Å². The Morgan fingerprint density at radius 1 is 1.24 bits per heavy atom. The predicted molar refractivity (Wildman–Crippen MR) is 74.9 cm³/mol. The number of likely N-dealkylation sites (tertiary alicyclic amines) is 1. The van der Waals surface area contributed by atoms with Crippen molar-refractivity contribution in [2.45, 2.75) is 38.1 Å². The summed E-state index contributed by atoms with van der Waals surface area (Å²) in [6.07, 6.45) is 6.56. The van der Waals surface area contributed by atoms with Crippen LogP contribution in [0, 0.1) is 0 Å². The van der Waals surface area contributed by atoms with E-state index in [1.807, 2.05) is 0 Å². The Hall–Kier alpha value is 0.360. The van der Waals surface area contributed by atoms with Gasteiger partial charge >= 0.3 is 0 Å². The minimum Gasteiger partial charge on any atom is -0.382 e. The van der Waals surface area contributed by atoms with Gasteiger partial charge in [-0.25, -0.2) is 0 Å². The van der Waals surface area contributed by atoms with Crippen LogP contribution in [0.25, 0.3) is 0 Å². The maximum atomic E-state index is 5.50. The Bertz CT molecular complexity index is 179. The van der Waals surface area contributed by atoms with Crippen LogP contribution < -0.4 is 0 Å². The van der Waals surface area contributed by atoms with Crippen LogP contribution in [0.4, 0.5) is 0 Å². The Balaban J connectivity index is 2.06. The molecule has 1 saturated heterocycles. The molecule has 0 radical (unpaired) electrons. The first-order valence-corrected chi connectivity index (χ1v) is 7.87. The van der Waals surface area contributed by atoms with Crippen LogP contribution in [0.3, 0.4) is 0 Å². The highest BCUT2D eigenvalue weighted by Gasteiger charge is 2.20. The number of rotatable bonds is 9. The SMILES string of the molecule is COCCOCCCN1CCCCC1CCBr. The number of methoxy groups -OCH3 is 1. The lowest BCUT2D eigenvalue weighted by Crippen LogP contribution is -2.40. The molecule has 4 heteroatoms. The molecule has 0 aromatic carbocycles. The number of piperidine rings is 1. The highest BCUT2D eigenvalue weighted by molar-refractivity contribution is 9.09. The van der Waals surface area contributed by atoms with Crippen LogP contribution in [0.15, 0.2) is 0 Å². The predicted octanol–water partition coefficient (Wildman–Crippen LogP) is 2.68. The van der Waals surface area contributed by atoms with Gasteiger partial charge in [0.05, 0.1) is 13.2 Å². The molecule has 0 aromatic heterocycles. The van der Waals surface area contributed by atoms with E-state index in [0.29, 0.717) is 6.61 Å². The Morgan fingerprint density at radius 2 is 2.12 bits per heavy atom. The number of hydrogen-bond donors (Lipinski definition) is 0. The minimum absolute atomic E-state index is 0.704. The average Bonchev–Trinajstić information content (AvgIpc) is 2.36. The molecule has 3 nitrogen and oxygen atoms in total. The van der Waals surface area contributed by atoms with Gasteiger partial charge in [-0.05, 0) is 32.2 Å². The lowest BCUT2D eigenvalue weighted by atomic mass is 10.00. The summed E-state index contributed by atoms with van der Waals surface area (Å²) in [5, 5.41) is 1.12. The summed E-state index contributed by atoms with van der Waals surface area (Å²) >= 11 is 3.56. The third kappa shape index (κ3) is 6.75. The maximum Gasteiger partial charge on any atom is 0.0700 e. The first kappa shape index (κ1) is 15.4. The van der Waals surface area contributed by atoms with E-state index in [1.165, 1.54) is 38.8 Å². The highest BCUT2D eigenvalue weighted by atomic mass is 79.9. The summed E-state index contributed by atoms with van der Waals surface area (Å²) in [6.45, 7) is 4.75. The van der Waals surface area contributed by atoms with Gasteiger partial charge in [-0.2, -0.15) is 0 Å². The van der Waals surface area contributed by atoms with Crippen molar-refractivity contribution in [1.82, 2.24) is 4.90 Å². The summed E-state index contributed by atoms with van der Waals surface area (Å²) < 4.78 is 10.4. The lowest BCUT2D eigenvalue weighted by molar-refractivity contribution is 0.0592. The molecule has 1 atom stereocenters. The molecule has 1 aliphatic rings. The van der Waals surface area contributed by atoms with Gasteiger partial charge in [-0.1, -0.05) is 22.4 Å². The van der Waals surface area contributed by atoms with E-state index < -0.39 is 0 Å². The van der Waals surface area contributed by atoms with Gasteiger partial charge in [0.1, 0.15) is 0 Å². The Morgan fingerprint density at radius 3 is 2.88 bits per heavy atom. The van der Waals surface area contributed by atoms with E-state index in [4.69, 9.17) is 9.47 Å². The first-order chi connectivity index (χ1) is 8.38. The van der Waals surface area contributed by atoms with Crippen molar-refractivity contribution in [3.8, 4) is 0 Å². The van der Waals surface area contributed by atoms with E-state index in [2.05, 4.69) is 20.8 Å². The smallest absolute Gasteiger partial charge is 0.0700 e. The summed E-state index contributed by atoms with van der Waals surface area (Å²) in [6, 6.07) is 0.794. The topological polar surface area (TPSA) is 21.7 Å². The van der Waals surface area contributed by atoms with E-state index in [9.17, 15) is 0 Å². The van der Waals surface area contributed by atoms with Crippen molar-refractivity contribution in [3.05, 3.63) is 0 Å². The number of hydrogen-bond acceptors (Lipinski definition) is 3. The minimum atomic E-state index is 0.704. The zero-order valence-electron chi connectivity index (χ0n) is 11.0. The molecule has 102 valence electrons. The van der Waals surface area contributed by atoms with Gasteiger partial charge in [0.25, 0.3) is 0 Å². The van der Waals surface area contributed by atoms with E-state index in [0.717, 1.165) is 31.0 Å². The average molecular weight is 308 g/mol. The second-order valence-electron chi connectivity index (χ2n) is 4.62. The van der Waals surface area contributed by atoms with Crippen LogP contribution in [-0.4, -0.2) is 56.3 Å². The second kappa shape index (κ2) is 10.3. The zero-order valence-corrected chi connectivity index (χ0v) is 12.6. The maximum absolute atomic E-state index is 5.50. The van der Waals surface area contributed by atoms with Crippen LogP contribution in [0.1, 0.15) is 32.1 Å². The van der Waals surface area contributed by atoms with Crippen molar-refractivity contribution < 1.29 is 9.47 Å². The normalized spacial score (nSPS) is 21.9. The van der Waals surface area contributed by atoms with Crippen LogP contribution in [-0.2, 0) is 9.47 Å². The molecule has 17 heavy (non-hydrogen) atoms. The van der Waals surface area contributed by atoms with Crippen LogP contribution in [0.2, 0.25) is 0 Å². The van der Waals surface area contributed by atoms with Crippen molar-refractivity contribution >= 4 is 15.9 Å². The summed E-state index contributed by atoms with van der Waals surface area (Å²) in [5.41, 5.74) is 0. The molecule has 1 aliphatic heterocycles. The number of halogens is 1. The van der Waals surface area contributed by atoms with Gasteiger partial charge < -0.3 is 14.4 Å². The van der Waals surface area contributed by atoms with Gasteiger partial charge in [-0.15, -0.1) is 0 Å². The van der Waals surface area contributed by atoms with Crippen molar-refractivity contribution in [1.29, 1.82) is 0 Å². The van der Waals surface area contributed by atoms with Crippen LogP contribution in [0.5, 0.6) is 0 Å². The molecule has 0 bridgehead atoms. The largest absolute Gasteiger partial charge is 0.382 e. The third-order valence-corrected chi connectivity index (χ3v) is 3.82. The fourth-order valence-electron chi connectivity index (χ4n) is 2.42. The van der Waals surface area contributed by atoms with Crippen molar-refractivity contribution in [2.75, 3.05) is 45.4 Å². The standard InChI is InChI=1S/C13H26BrNO2/c1-16-11-12-17-10-4-9-15-8-3-2-5-13(15)6-7-14/h13H,2-12H2,1H3. The van der Waals surface area contributed by atoms with E-state index >= 15 is 0 Å². The lowest BCUT2D eigenvalue weighted by Gasteiger charge is -2.35. The number of alkyl halides is 1. The molecule has 0 N–H and O–H groups in total. The van der Waals surface area contributed by atoms with Crippen molar-refractivity contribution in [3.63, 3.8) is 0 Å². The molecule has 1 rings (SSSR count). The summed E-state index contributed by atoms with van der Waals surface area (Å²) in [4.78, 5) is 2.64. The first-order valence-electron chi connectivity index (χ1n) is 6.75. The Kier molecular flexibility index (Phi) is 9.34. The third-order valence-electron chi connectivity index (χ3n) is 3.36. The Labute approximate surface area is 114 Å². The van der Waals surface area contributed by atoms with Crippen molar-refractivity contribution in [2.24, 2.45) is 0 Å². The summed E-state index contributed by atoms with van der Waals surface area (Å²) in [5.74, 6) is 0. The molecule has 1 fully saturated rings. The van der Waals surface area contributed by atoms with E-state index in [-0.39, 0.29) is 0 Å². The quantitative estimate of drug-likeness (QED) is 0.483. The number of ether oxygens (including phenoxy) is 2. The fraction of sp³-hybridized carbons (Fsp3) is 1.00. The van der Waals surface area contributed by atoms with Gasteiger partial charge in [0, 0.05) is 31.6 Å². The molecular formula is C13H26BrNO2. The molecule has 0 spiro atoms. The monoisotopic (exact) mass is 307 g/mol. The fourth-order valence-corrected chi connectivity index (χ4v) is 2.95. The molecule has 1 unspecified atom stereocenters. The highest BCUT2D eigenvalue weighted by Crippen LogP contribution is 2.20. The molecule has 0 saturated carbocycles. The second-order valence-corrected chi connectivity index (χ2v) is 5.41. The molecule has 0 amide bonds. The van der Waals surface area contributed by atoms with Crippen LogP contribution >= 0.6 is 15.9 Å².